The third kappa shape index (κ3) is 4.37. The predicted octanol–water partition coefficient (Wildman–Crippen LogP) is 3.52. The van der Waals surface area contributed by atoms with Gasteiger partial charge in [0.1, 0.15) is 5.75 Å². The van der Waals surface area contributed by atoms with Crippen LogP contribution in [0.2, 0.25) is 5.02 Å². The first kappa shape index (κ1) is 15.6. The van der Waals surface area contributed by atoms with Gasteiger partial charge in [0.15, 0.2) is 0 Å². The van der Waals surface area contributed by atoms with Crippen LogP contribution in [0.1, 0.15) is 44.1 Å². The van der Waals surface area contributed by atoms with E-state index in [0.29, 0.717) is 23.9 Å². The minimum absolute atomic E-state index is 0.535. The first-order valence-corrected chi connectivity index (χ1v) is 7.76. The van der Waals surface area contributed by atoms with E-state index in [9.17, 15) is 5.11 Å². The molecule has 0 atom stereocenters. The van der Waals surface area contributed by atoms with Crippen molar-refractivity contribution >= 4 is 11.6 Å². The van der Waals surface area contributed by atoms with Gasteiger partial charge >= 0.3 is 0 Å². The van der Waals surface area contributed by atoms with Crippen LogP contribution in [0.4, 0.5) is 0 Å². The zero-order valence-electron chi connectivity index (χ0n) is 12.1. The lowest BCUT2D eigenvalue weighted by Gasteiger charge is -2.27. The van der Waals surface area contributed by atoms with Crippen molar-refractivity contribution in [2.45, 2.75) is 50.7 Å². The van der Waals surface area contributed by atoms with E-state index in [4.69, 9.17) is 16.3 Å². The van der Waals surface area contributed by atoms with Crippen molar-refractivity contribution in [3.8, 4) is 5.75 Å². The van der Waals surface area contributed by atoms with Gasteiger partial charge in [-0.1, -0.05) is 43.4 Å². The Balaban J connectivity index is 1.84. The van der Waals surface area contributed by atoms with Gasteiger partial charge in [-0.2, -0.15) is 0 Å². The summed E-state index contributed by atoms with van der Waals surface area (Å²) in [5, 5.41) is 14.5. The van der Waals surface area contributed by atoms with Gasteiger partial charge in [0.25, 0.3) is 0 Å². The molecular formula is C16H24ClNO2. The number of nitrogens with one attached hydrogen (secondary N) is 1. The molecule has 112 valence electrons. The van der Waals surface area contributed by atoms with Crippen LogP contribution in [0.3, 0.4) is 0 Å². The zero-order valence-corrected chi connectivity index (χ0v) is 12.9. The van der Waals surface area contributed by atoms with Gasteiger partial charge in [0, 0.05) is 13.1 Å². The molecule has 3 nitrogen and oxygen atoms in total. The molecule has 2 rings (SSSR count). The lowest BCUT2D eigenvalue weighted by atomic mass is 9.94. The SMILES string of the molecule is COc1ccc(CNCC2(O)CCCCCC2)cc1Cl. The summed E-state index contributed by atoms with van der Waals surface area (Å²) in [6.45, 7) is 1.36. The van der Waals surface area contributed by atoms with E-state index >= 15 is 0 Å². The molecule has 1 aromatic rings. The van der Waals surface area contributed by atoms with E-state index in [-0.39, 0.29) is 0 Å². The largest absolute Gasteiger partial charge is 0.495 e. The van der Waals surface area contributed by atoms with Crippen LogP contribution in [0.15, 0.2) is 18.2 Å². The van der Waals surface area contributed by atoms with Gasteiger partial charge in [-0.15, -0.1) is 0 Å². The quantitative estimate of drug-likeness (QED) is 0.817. The molecule has 2 N–H and O–H groups in total. The average molecular weight is 298 g/mol. The Morgan fingerprint density at radius 3 is 2.55 bits per heavy atom. The van der Waals surface area contributed by atoms with Gasteiger partial charge in [-0.25, -0.2) is 0 Å². The molecule has 0 aromatic heterocycles. The summed E-state index contributed by atoms with van der Waals surface area (Å²) in [5.74, 6) is 0.692. The fourth-order valence-corrected chi connectivity index (χ4v) is 3.10. The minimum atomic E-state index is -0.535. The van der Waals surface area contributed by atoms with Crippen molar-refractivity contribution in [2.24, 2.45) is 0 Å². The second-order valence-corrected chi connectivity index (χ2v) is 6.12. The second kappa shape index (κ2) is 7.30. The highest BCUT2D eigenvalue weighted by Gasteiger charge is 2.27. The highest BCUT2D eigenvalue weighted by molar-refractivity contribution is 6.32. The predicted molar refractivity (Wildman–Crippen MR) is 82.4 cm³/mol. The molecule has 0 saturated heterocycles. The number of hydrogen-bond acceptors (Lipinski definition) is 3. The molecule has 1 aromatic carbocycles. The van der Waals surface area contributed by atoms with Crippen molar-refractivity contribution in [2.75, 3.05) is 13.7 Å². The Hall–Kier alpha value is -0.770. The Bertz CT molecular complexity index is 428. The number of hydrogen-bond donors (Lipinski definition) is 2. The molecule has 0 radical (unpaired) electrons. The van der Waals surface area contributed by atoms with E-state index in [1.54, 1.807) is 7.11 Å². The third-order valence-electron chi connectivity index (χ3n) is 4.03. The summed E-state index contributed by atoms with van der Waals surface area (Å²) < 4.78 is 5.14. The minimum Gasteiger partial charge on any atom is -0.495 e. The van der Waals surface area contributed by atoms with E-state index in [0.717, 1.165) is 31.2 Å². The van der Waals surface area contributed by atoms with Crippen LogP contribution in [0.25, 0.3) is 0 Å². The fourth-order valence-electron chi connectivity index (χ4n) is 2.82. The molecule has 0 aliphatic heterocycles. The molecular weight excluding hydrogens is 274 g/mol. The maximum Gasteiger partial charge on any atom is 0.137 e. The zero-order chi connectivity index (χ0) is 14.4. The number of methoxy groups -OCH3 is 1. The smallest absolute Gasteiger partial charge is 0.137 e. The Morgan fingerprint density at radius 1 is 1.25 bits per heavy atom. The maximum atomic E-state index is 10.6. The number of ether oxygens (including phenoxy) is 1. The Labute approximate surface area is 126 Å². The van der Waals surface area contributed by atoms with Crippen LogP contribution in [0, 0.1) is 0 Å². The van der Waals surface area contributed by atoms with Crippen LogP contribution in [-0.4, -0.2) is 24.4 Å². The van der Waals surface area contributed by atoms with Crippen molar-refractivity contribution < 1.29 is 9.84 Å². The van der Waals surface area contributed by atoms with Crippen LogP contribution in [0.5, 0.6) is 5.75 Å². The normalized spacial score (nSPS) is 18.6. The maximum absolute atomic E-state index is 10.6. The van der Waals surface area contributed by atoms with Gasteiger partial charge < -0.3 is 15.2 Å². The van der Waals surface area contributed by atoms with E-state index in [1.165, 1.54) is 12.8 Å². The lowest BCUT2D eigenvalue weighted by molar-refractivity contribution is 0.0250. The number of benzene rings is 1. The monoisotopic (exact) mass is 297 g/mol. The number of aliphatic hydroxyl groups is 1. The van der Waals surface area contributed by atoms with Crippen molar-refractivity contribution in [3.63, 3.8) is 0 Å². The second-order valence-electron chi connectivity index (χ2n) is 5.71. The summed E-state index contributed by atoms with van der Waals surface area (Å²) in [4.78, 5) is 0. The molecule has 0 heterocycles. The molecule has 1 aliphatic carbocycles. The summed E-state index contributed by atoms with van der Waals surface area (Å²) in [6, 6.07) is 5.78. The van der Waals surface area contributed by atoms with Gasteiger partial charge in [-0.3, -0.25) is 0 Å². The van der Waals surface area contributed by atoms with Gasteiger partial charge in [0.2, 0.25) is 0 Å². The molecule has 4 heteroatoms. The molecule has 0 spiro atoms. The number of rotatable bonds is 5. The summed E-state index contributed by atoms with van der Waals surface area (Å²) in [7, 11) is 1.61. The van der Waals surface area contributed by atoms with E-state index in [1.807, 2.05) is 18.2 Å². The molecule has 1 fully saturated rings. The topological polar surface area (TPSA) is 41.5 Å². The van der Waals surface area contributed by atoms with Gasteiger partial charge in [-0.05, 0) is 30.5 Å². The molecule has 0 amide bonds. The molecule has 0 unspecified atom stereocenters. The first-order chi connectivity index (χ1) is 9.63. The molecule has 0 bridgehead atoms. The highest BCUT2D eigenvalue weighted by Crippen LogP contribution is 2.27. The van der Waals surface area contributed by atoms with Crippen LogP contribution >= 0.6 is 11.6 Å². The van der Waals surface area contributed by atoms with Crippen molar-refractivity contribution in [1.82, 2.24) is 5.32 Å². The summed E-state index contributed by atoms with van der Waals surface area (Å²) in [6.07, 6.45) is 6.57. The Morgan fingerprint density at radius 2 is 1.95 bits per heavy atom. The highest BCUT2D eigenvalue weighted by atomic mass is 35.5. The first-order valence-electron chi connectivity index (χ1n) is 7.38. The standard InChI is InChI=1S/C16H24ClNO2/c1-20-15-7-6-13(10-14(15)17)11-18-12-16(19)8-4-2-3-5-9-16/h6-7,10,18-19H,2-5,8-9,11-12H2,1H3. The van der Waals surface area contributed by atoms with E-state index in [2.05, 4.69) is 5.32 Å². The summed E-state index contributed by atoms with van der Waals surface area (Å²) >= 11 is 6.10. The molecule has 1 aliphatic rings. The third-order valence-corrected chi connectivity index (χ3v) is 4.33. The molecule has 20 heavy (non-hydrogen) atoms. The van der Waals surface area contributed by atoms with E-state index < -0.39 is 5.60 Å². The van der Waals surface area contributed by atoms with Crippen molar-refractivity contribution in [1.29, 1.82) is 0 Å². The fraction of sp³-hybridized carbons (Fsp3) is 0.625. The average Bonchev–Trinajstić information content (AvgIpc) is 2.64. The number of halogens is 1. The lowest BCUT2D eigenvalue weighted by Crippen LogP contribution is -2.39. The summed E-state index contributed by atoms with van der Waals surface area (Å²) in [5.41, 5.74) is 0.570. The van der Waals surface area contributed by atoms with Gasteiger partial charge in [0.05, 0.1) is 17.7 Å². The van der Waals surface area contributed by atoms with Crippen LogP contribution < -0.4 is 10.1 Å². The Kier molecular flexibility index (Phi) is 5.70. The van der Waals surface area contributed by atoms with Crippen molar-refractivity contribution in [3.05, 3.63) is 28.8 Å². The molecule has 1 saturated carbocycles. The van der Waals surface area contributed by atoms with Crippen LogP contribution in [-0.2, 0) is 6.54 Å².